The Hall–Kier alpha value is -0.610. The molecular formula is C12H25N3O. The molecule has 4 heteroatoms. The number of amides is 1. The Morgan fingerprint density at radius 1 is 1.44 bits per heavy atom. The second kappa shape index (κ2) is 7.63. The molecule has 94 valence electrons. The fraction of sp³-hybridized carbons (Fsp3) is 0.917. The maximum Gasteiger partial charge on any atom is 0.221 e. The number of hydrogen-bond donors (Lipinski definition) is 3. The molecule has 1 fully saturated rings. The third-order valence-corrected chi connectivity index (χ3v) is 3.12. The zero-order chi connectivity index (χ0) is 11.8. The zero-order valence-corrected chi connectivity index (χ0v) is 10.3. The van der Waals surface area contributed by atoms with Gasteiger partial charge in [0.25, 0.3) is 0 Å². The van der Waals surface area contributed by atoms with Crippen LogP contribution in [0.2, 0.25) is 0 Å². The monoisotopic (exact) mass is 227 g/mol. The summed E-state index contributed by atoms with van der Waals surface area (Å²) >= 11 is 0. The van der Waals surface area contributed by atoms with Gasteiger partial charge < -0.3 is 16.4 Å². The normalized spacial score (nSPS) is 18.6. The van der Waals surface area contributed by atoms with Gasteiger partial charge in [-0.2, -0.15) is 0 Å². The van der Waals surface area contributed by atoms with Crippen LogP contribution >= 0.6 is 0 Å². The number of carbonyl (C=O) groups excluding carboxylic acids is 1. The van der Waals surface area contributed by atoms with Gasteiger partial charge in [-0.15, -0.1) is 0 Å². The van der Waals surface area contributed by atoms with Gasteiger partial charge in [0, 0.05) is 31.6 Å². The summed E-state index contributed by atoms with van der Waals surface area (Å²) in [7, 11) is 0. The summed E-state index contributed by atoms with van der Waals surface area (Å²) in [4.78, 5) is 11.5. The Morgan fingerprint density at radius 3 is 2.69 bits per heavy atom. The highest BCUT2D eigenvalue weighted by Crippen LogP contribution is 2.18. The summed E-state index contributed by atoms with van der Waals surface area (Å²) in [5, 5.41) is 6.37. The van der Waals surface area contributed by atoms with E-state index in [9.17, 15) is 4.79 Å². The summed E-state index contributed by atoms with van der Waals surface area (Å²) in [5.74, 6) is 0.114. The van der Waals surface area contributed by atoms with Crippen LogP contribution in [0.4, 0.5) is 0 Å². The van der Waals surface area contributed by atoms with E-state index in [0.29, 0.717) is 19.0 Å². The smallest absolute Gasteiger partial charge is 0.221 e. The molecule has 1 saturated carbocycles. The molecule has 4 nitrogen and oxygen atoms in total. The molecule has 1 aliphatic carbocycles. The molecule has 0 aromatic rings. The summed E-state index contributed by atoms with van der Waals surface area (Å²) in [6.07, 6.45) is 6.55. The minimum Gasteiger partial charge on any atom is -0.356 e. The van der Waals surface area contributed by atoms with Crippen LogP contribution in [-0.4, -0.2) is 31.1 Å². The van der Waals surface area contributed by atoms with Gasteiger partial charge in [-0.05, 0) is 19.3 Å². The van der Waals surface area contributed by atoms with E-state index in [1.54, 1.807) is 0 Å². The van der Waals surface area contributed by atoms with E-state index >= 15 is 0 Å². The predicted molar refractivity (Wildman–Crippen MR) is 66.2 cm³/mol. The van der Waals surface area contributed by atoms with E-state index in [1.807, 2.05) is 0 Å². The Bertz CT molecular complexity index is 202. The second-order valence-electron chi connectivity index (χ2n) is 4.63. The summed E-state index contributed by atoms with van der Waals surface area (Å²) in [6, 6.07) is 0.715. The van der Waals surface area contributed by atoms with Crippen LogP contribution in [0.25, 0.3) is 0 Å². The molecular weight excluding hydrogens is 202 g/mol. The lowest BCUT2D eigenvalue weighted by atomic mass is 10.1. The lowest BCUT2D eigenvalue weighted by Crippen LogP contribution is -2.44. The first kappa shape index (κ1) is 13.5. The fourth-order valence-corrected chi connectivity index (χ4v) is 2.20. The van der Waals surface area contributed by atoms with Crippen molar-refractivity contribution in [1.82, 2.24) is 10.6 Å². The van der Waals surface area contributed by atoms with Gasteiger partial charge >= 0.3 is 0 Å². The Balaban J connectivity index is 2.21. The van der Waals surface area contributed by atoms with Crippen molar-refractivity contribution in [3.05, 3.63) is 0 Å². The maximum absolute atomic E-state index is 11.5. The van der Waals surface area contributed by atoms with Crippen LogP contribution in [-0.2, 0) is 4.79 Å². The number of rotatable bonds is 7. The minimum atomic E-state index is 0.114. The topological polar surface area (TPSA) is 67.2 Å². The highest BCUT2D eigenvalue weighted by Gasteiger charge is 2.19. The summed E-state index contributed by atoms with van der Waals surface area (Å²) in [5.41, 5.74) is 5.69. The fourth-order valence-electron chi connectivity index (χ4n) is 2.20. The Morgan fingerprint density at radius 2 is 2.12 bits per heavy atom. The standard InChI is InChI=1S/C12H25N3O/c1-2-7-14-12(16)8-11(9-13)15-10-5-3-4-6-10/h10-11,15H,2-9,13H2,1H3,(H,14,16). The molecule has 1 atom stereocenters. The molecule has 0 saturated heterocycles. The van der Waals surface area contributed by atoms with E-state index in [0.717, 1.165) is 13.0 Å². The first-order valence-corrected chi connectivity index (χ1v) is 6.49. The zero-order valence-electron chi connectivity index (χ0n) is 10.3. The maximum atomic E-state index is 11.5. The third kappa shape index (κ3) is 4.94. The largest absolute Gasteiger partial charge is 0.356 e. The molecule has 1 amide bonds. The van der Waals surface area contributed by atoms with Crippen molar-refractivity contribution in [2.45, 2.75) is 57.5 Å². The van der Waals surface area contributed by atoms with Gasteiger partial charge in [0.2, 0.25) is 5.91 Å². The molecule has 0 aromatic heterocycles. The van der Waals surface area contributed by atoms with Crippen LogP contribution in [0.1, 0.15) is 45.4 Å². The summed E-state index contributed by atoms with van der Waals surface area (Å²) < 4.78 is 0. The summed E-state index contributed by atoms with van der Waals surface area (Å²) in [6.45, 7) is 3.35. The molecule has 0 aliphatic heterocycles. The van der Waals surface area contributed by atoms with Crippen molar-refractivity contribution in [3.63, 3.8) is 0 Å². The average Bonchev–Trinajstić information content (AvgIpc) is 2.78. The van der Waals surface area contributed by atoms with Crippen molar-refractivity contribution < 1.29 is 4.79 Å². The van der Waals surface area contributed by atoms with E-state index < -0.39 is 0 Å². The van der Waals surface area contributed by atoms with Gasteiger partial charge in [0.1, 0.15) is 0 Å². The molecule has 0 aromatic carbocycles. The molecule has 16 heavy (non-hydrogen) atoms. The van der Waals surface area contributed by atoms with Crippen molar-refractivity contribution >= 4 is 5.91 Å². The van der Waals surface area contributed by atoms with E-state index in [2.05, 4.69) is 17.6 Å². The lowest BCUT2D eigenvalue weighted by molar-refractivity contribution is -0.121. The number of nitrogens with two attached hydrogens (primary N) is 1. The van der Waals surface area contributed by atoms with E-state index in [1.165, 1.54) is 25.7 Å². The average molecular weight is 227 g/mol. The van der Waals surface area contributed by atoms with Crippen LogP contribution in [0, 0.1) is 0 Å². The van der Waals surface area contributed by atoms with Gasteiger partial charge in [-0.25, -0.2) is 0 Å². The minimum absolute atomic E-state index is 0.114. The molecule has 1 rings (SSSR count). The quantitative estimate of drug-likeness (QED) is 0.601. The first-order valence-electron chi connectivity index (χ1n) is 6.49. The third-order valence-electron chi connectivity index (χ3n) is 3.12. The predicted octanol–water partition coefficient (Wildman–Crippen LogP) is 0.762. The molecule has 0 heterocycles. The van der Waals surface area contributed by atoms with Gasteiger partial charge in [-0.3, -0.25) is 4.79 Å². The number of nitrogens with one attached hydrogen (secondary N) is 2. The molecule has 0 radical (unpaired) electrons. The van der Waals surface area contributed by atoms with Crippen molar-refractivity contribution in [3.8, 4) is 0 Å². The van der Waals surface area contributed by atoms with Crippen LogP contribution in [0.5, 0.6) is 0 Å². The van der Waals surface area contributed by atoms with E-state index in [4.69, 9.17) is 5.73 Å². The van der Waals surface area contributed by atoms with Crippen molar-refractivity contribution in [2.24, 2.45) is 5.73 Å². The Kier molecular flexibility index (Phi) is 6.42. The SMILES string of the molecule is CCCNC(=O)CC(CN)NC1CCCC1. The van der Waals surface area contributed by atoms with Gasteiger partial charge in [0.15, 0.2) is 0 Å². The molecule has 0 bridgehead atoms. The molecule has 4 N–H and O–H groups in total. The highest BCUT2D eigenvalue weighted by molar-refractivity contribution is 5.76. The van der Waals surface area contributed by atoms with Crippen LogP contribution in [0.15, 0.2) is 0 Å². The van der Waals surface area contributed by atoms with Gasteiger partial charge in [0.05, 0.1) is 0 Å². The molecule has 1 aliphatic rings. The first-order chi connectivity index (χ1) is 7.76. The van der Waals surface area contributed by atoms with Crippen molar-refractivity contribution in [1.29, 1.82) is 0 Å². The van der Waals surface area contributed by atoms with Crippen molar-refractivity contribution in [2.75, 3.05) is 13.1 Å². The highest BCUT2D eigenvalue weighted by atomic mass is 16.1. The van der Waals surface area contributed by atoms with Gasteiger partial charge in [-0.1, -0.05) is 19.8 Å². The number of hydrogen-bond acceptors (Lipinski definition) is 3. The molecule has 0 spiro atoms. The second-order valence-corrected chi connectivity index (χ2v) is 4.63. The Labute approximate surface area is 98.3 Å². The van der Waals surface area contributed by atoms with E-state index in [-0.39, 0.29) is 11.9 Å². The van der Waals surface area contributed by atoms with Crippen LogP contribution in [0.3, 0.4) is 0 Å². The molecule has 1 unspecified atom stereocenters. The number of carbonyl (C=O) groups is 1. The van der Waals surface area contributed by atoms with Crippen LogP contribution < -0.4 is 16.4 Å². The lowest BCUT2D eigenvalue weighted by Gasteiger charge is -2.21.